The molecule has 0 aliphatic heterocycles. The fourth-order valence-electron chi connectivity index (χ4n) is 1.67. The SMILES string of the molecule is CC(=O)c1ccc[n+](CCOc2ccc(Br)cc2)c1. The molecule has 1 aromatic carbocycles. The molecule has 2 aromatic rings. The zero-order chi connectivity index (χ0) is 13.7. The summed E-state index contributed by atoms with van der Waals surface area (Å²) in [6, 6.07) is 11.4. The van der Waals surface area contributed by atoms with Gasteiger partial charge in [-0.05, 0) is 37.3 Å². The van der Waals surface area contributed by atoms with Crippen LogP contribution in [0, 0.1) is 0 Å². The van der Waals surface area contributed by atoms with Crippen LogP contribution in [0.2, 0.25) is 0 Å². The van der Waals surface area contributed by atoms with E-state index in [0.717, 1.165) is 10.2 Å². The number of ether oxygens (including phenoxy) is 1. The van der Waals surface area contributed by atoms with E-state index < -0.39 is 0 Å². The second-order valence-corrected chi connectivity index (χ2v) is 5.10. The average Bonchev–Trinajstić information content (AvgIpc) is 2.41. The molecule has 0 saturated heterocycles. The number of Topliss-reactive ketones (excluding diaryl/α,β-unsaturated/α-hetero) is 1. The molecule has 0 aliphatic carbocycles. The second-order valence-electron chi connectivity index (χ2n) is 4.19. The molecular formula is C15H15BrNO2+. The smallest absolute Gasteiger partial charge is 0.182 e. The van der Waals surface area contributed by atoms with Crippen molar-refractivity contribution in [2.75, 3.05) is 6.61 Å². The first-order valence-electron chi connectivity index (χ1n) is 6.03. The van der Waals surface area contributed by atoms with Crippen molar-refractivity contribution in [3.05, 3.63) is 58.8 Å². The number of halogens is 1. The molecule has 1 aromatic heterocycles. The maximum absolute atomic E-state index is 11.3. The van der Waals surface area contributed by atoms with Crippen molar-refractivity contribution in [1.29, 1.82) is 0 Å². The first kappa shape index (κ1) is 13.7. The van der Waals surface area contributed by atoms with Gasteiger partial charge in [-0.1, -0.05) is 15.9 Å². The lowest BCUT2D eigenvalue weighted by Crippen LogP contribution is -2.36. The van der Waals surface area contributed by atoms with E-state index in [1.165, 1.54) is 0 Å². The lowest BCUT2D eigenvalue weighted by molar-refractivity contribution is -0.697. The van der Waals surface area contributed by atoms with Crippen LogP contribution in [0.1, 0.15) is 17.3 Å². The highest BCUT2D eigenvalue weighted by Gasteiger charge is 2.06. The molecule has 0 N–H and O–H groups in total. The quantitative estimate of drug-likeness (QED) is 0.626. The van der Waals surface area contributed by atoms with Crippen LogP contribution in [-0.2, 0) is 6.54 Å². The molecule has 0 unspecified atom stereocenters. The third-order valence-electron chi connectivity index (χ3n) is 2.70. The molecular weight excluding hydrogens is 306 g/mol. The first-order chi connectivity index (χ1) is 9.15. The number of rotatable bonds is 5. The second kappa shape index (κ2) is 6.48. The summed E-state index contributed by atoms with van der Waals surface area (Å²) in [6.45, 7) is 2.84. The Morgan fingerprint density at radius 1 is 1.26 bits per heavy atom. The summed E-state index contributed by atoms with van der Waals surface area (Å²) >= 11 is 3.38. The van der Waals surface area contributed by atoms with Crippen LogP contribution in [0.15, 0.2) is 53.3 Å². The number of nitrogens with zero attached hydrogens (tertiary/aromatic N) is 1. The van der Waals surface area contributed by atoms with Gasteiger partial charge in [-0.25, -0.2) is 4.57 Å². The Bertz CT molecular complexity index is 567. The van der Waals surface area contributed by atoms with Gasteiger partial charge in [0.15, 0.2) is 24.7 Å². The van der Waals surface area contributed by atoms with Crippen LogP contribution in [-0.4, -0.2) is 12.4 Å². The molecule has 2 rings (SSSR count). The van der Waals surface area contributed by atoms with Crippen LogP contribution in [0.3, 0.4) is 0 Å². The number of carbonyl (C=O) groups is 1. The predicted molar refractivity (Wildman–Crippen MR) is 76.3 cm³/mol. The summed E-state index contributed by atoms with van der Waals surface area (Å²) in [5, 5.41) is 0. The molecule has 1 heterocycles. The Labute approximate surface area is 121 Å². The van der Waals surface area contributed by atoms with E-state index in [1.54, 1.807) is 6.92 Å². The molecule has 98 valence electrons. The highest BCUT2D eigenvalue weighted by Crippen LogP contribution is 2.15. The highest BCUT2D eigenvalue weighted by atomic mass is 79.9. The van der Waals surface area contributed by atoms with Crippen molar-refractivity contribution in [2.24, 2.45) is 0 Å². The maximum atomic E-state index is 11.3. The number of hydrogen-bond donors (Lipinski definition) is 0. The van der Waals surface area contributed by atoms with Gasteiger partial charge in [0.1, 0.15) is 12.4 Å². The summed E-state index contributed by atoms with van der Waals surface area (Å²) in [5.41, 5.74) is 0.714. The van der Waals surface area contributed by atoms with Crippen molar-refractivity contribution < 1.29 is 14.1 Å². The first-order valence-corrected chi connectivity index (χ1v) is 6.83. The summed E-state index contributed by atoms with van der Waals surface area (Å²) < 4.78 is 8.62. The van der Waals surface area contributed by atoms with Gasteiger partial charge in [0.2, 0.25) is 0 Å². The van der Waals surface area contributed by atoms with E-state index in [2.05, 4.69) is 15.9 Å². The minimum absolute atomic E-state index is 0.0724. The van der Waals surface area contributed by atoms with E-state index in [4.69, 9.17) is 4.74 Å². The number of hydrogen-bond acceptors (Lipinski definition) is 2. The van der Waals surface area contributed by atoms with Crippen molar-refractivity contribution >= 4 is 21.7 Å². The third-order valence-corrected chi connectivity index (χ3v) is 3.23. The molecule has 0 amide bonds. The Morgan fingerprint density at radius 3 is 2.68 bits per heavy atom. The Balaban J connectivity index is 1.90. The largest absolute Gasteiger partial charge is 0.487 e. The van der Waals surface area contributed by atoms with Gasteiger partial charge in [0.05, 0.1) is 5.56 Å². The van der Waals surface area contributed by atoms with Crippen LogP contribution in [0.25, 0.3) is 0 Å². The van der Waals surface area contributed by atoms with E-state index >= 15 is 0 Å². The van der Waals surface area contributed by atoms with Gasteiger partial charge in [0, 0.05) is 10.5 Å². The molecule has 0 radical (unpaired) electrons. The van der Waals surface area contributed by atoms with Gasteiger partial charge in [0.25, 0.3) is 0 Å². The Morgan fingerprint density at radius 2 is 2.00 bits per heavy atom. The van der Waals surface area contributed by atoms with E-state index in [0.29, 0.717) is 18.7 Å². The van der Waals surface area contributed by atoms with Crippen molar-refractivity contribution in [3.63, 3.8) is 0 Å². The number of aromatic nitrogens is 1. The number of benzene rings is 1. The number of ketones is 1. The minimum Gasteiger partial charge on any atom is -0.487 e. The van der Waals surface area contributed by atoms with Crippen LogP contribution in [0.5, 0.6) is 5.75 Å². The standard InChI is InChI=1S/C15H15BrNO2/c1-12(18)13-3-2-8-17(11-13)9-10-19-15-6-4-14(16)5-7-15/h2-8,11H,9-10H2,1H3/q+1. The zero-order valence-electron chi connectivity index (χ0n) is 10.7. The molecule has 3 nitrogen and oxygen atoms in total. The van der Waals surface area contributed by atoms with E-state index in [9.17, 15) is 4.79 Å². The molecule has 0 fully saturated rings. The van der Waals surface area contributed by atoms with Gasteiger partial charge in [-0.2, -0.15) is 0 Å². The summed E-state index contributed by atoms with van der Waals surface area (Å²) in [5.74, 6) is 0.912. The summed E-state index contributed by atoms with van der Waals surface area (Å²) in [4.78, 5) is 11.3. The summed E-state index contributed by atoms with van der Waals surface area (Å²) in [6.07, 6.45) is 3.77. The van der Waals surface area contributed by atoms with Gasteiger partial charge in [-0.3, -0.25) is 4.79 Å². The normalized spacial score (nSPS) is 10.2. The fourth-order valence-corrected chi connectivity index (χ4v) is 1.93. The predicted octanol–water partition coefficient (Wildman–Crippen LogP) is 3.02. The van der Waals surface area contributed by atoms with Crippen molar-refractivity contribution in [3.8, 4) is 5.75 Å². The minimum atomic E-state index is 0.0724. The summed E-state index contributed by atoms with van der Waals surface area (Å²) in [7, 11) is 0. The van der Waals surface area contributed by atoms with Crippen molar-refractivity contribution in [1.82, 2.24) is 0 Å². The average molecular weight is 321 g/mol. The Hall–Kier alpha value is -1.68. The molecule has 0 aliphatic rings. The van der Waals surface area contributed by atoms with Crippen LogP contribution in [0.4, 0.5) is 0 Å². The number of pyridine rings is 1. The molecule has 4 heteroatoms. The van der Waals surface area contributed by atoms with E-state index in [-0.39, 0.29) is 5.78 Å². The van der Waals surface area contributed by atoms with Crippen LogP contribution >= 0.6 is 15.9 Å². The lowest BCUT2D eigenvalue weighted by atomic mass is 10.2. The lowest BCUT2D eigenvalue weighted by Gasteiger charge is -2.04. The van der Waals surface area contributed by atoms with Gasteiger partial charge >= 0.3 is 0 Å². The molecule has 0 bridgehead atoms. The molecule has 19 heavy (non-hydrogen) atoms. The molecule has 0 saturated carbocycles. The van der Waals surface area contributed by atoms with Crippen molar-refractivity contribution in [2.45, 2.75) is 13.5 Å². The maximum Gasteiger partial charge on any atom is 0.182 e. The zero-order valence-corrected chi connectivity index (χ0v) is 12.3. The highest BCUT2D eigenvalue weighted by molar-refractivity contribution is 9.10. The third kappa shape index (κ3) is 4.17. The van der Waals surface area contributed by atoms with Crippen LogP contribution < -0.4 is 9.30 Å². The monoisotopic (exact) mass is 320 g/mol. The van der Waals surface area contributed by atoms with E-state index in [1.807, 2.05) is 53.4 Å². The molecule has 0 spiro atoms. The molecule has 0 atom stereocenters. The Kier molecular flexibility index (Phi) is 4.68. The fraction of sp³-hybridized carbons (Fsp3) is 0.200. The topological polar surface area (TPSA) is 30.2 Å². The van der Waals surface area contributed by atoms with Gasteiger partial charge < -0.3 is 4.74 Å². The van der Waals surface area contributed by atoms with Gasteiger partial charge in [-0.15, -0.1) is 0 Å². The number of carbonyl (C=O) groups excluding carboxylic acids is 1.